The standard InChI is InChI=1S/C13H12BrN3/c14-10-1-2-12-11(7-10)13(8-16-12)3-5-17(9-15)6-4-13/h1-2,7-8H,3-6H2. The molecule has 2 heterocycles. The van der Waals surface area contributed by atoms with E-state index in [9.17, 15) is 0 Å². The SMILES string of the molecule is N#CN1CCC2(C=Nc3ccc(Br)cc32)CC1. The molecular weight excluding hydrogens is 278 g/mol. The van der Waals surface area contributed by atoms with Crippen molar-refractivity contribution in [1.29, 1.82) is 5.26 Å². The molecule has 4 heteroatoms. The largest absolute Gasteiger partial charge is 0.311 e. The second-order valence-corrected chi connectivity index (χ2v) is 5.58. The van der Waals surface area contributed by atoms with Crippen LogP contribution >= 0.6 is 15.9 Å². The molecule has 0 aliphatic carbocycles. The van der Waals surface area contributed by atoms with Crippen LogP contribution in [0.4, 0.5) is 5.69 Å². The zero-order valence-electron chi connectivity index (χ0n) is 9.36. The Labute approximate surface area is 109 Å². The molecule has 0 N–H and O–H groups in total. The Kier molecular flexibility index (Phi) is 2.44. The Hall–Kier alpha value is -1.34. The molecule has 0 saturated carbocycles. The lowest BCUT2D eigenvalue weighted by Crippen LogP contribution is -2.40. The van der Waals surface area contributed by atoms with E-state index in [1.165, 1.54) is 5.56 Å². The molecule has 0 aromatic heterocycles. The van der Waals surface area contributed by atoms with Crippen molar-refractivity contribution < 1.29 is 0 Å². The number of benzene rings is 1. The summed E-state index contributed by atoms with van der Waals surface area (Å²) >= 11 is 3.52. The lowest BCUT2D eigenvalue weighted by molar-refractivity contribution is 0.268. The van der Waals surface area contributed by atoms with Crippen molar-refractivity contribution in [2.45, 2.75) is 18.3 Å². The van der Waals surface area contributed by atoms with Gasteiger partial charge in [0.05, 0.1) is 5.69 Å². The minimum absolute atomic E-state index is 0.0620. The zero-order valence-corrected chi connectivity index (χ0v) is 10.9. The first-order valence-corrected chi connectivity index (χ1v) is 6.53. The number of fused-ring (bicyclic) bond motifs is 2. The molecule has 17 heavy (non-hydrogen) atoms. The van der Waals surface area contributed by atoms with Crippen LogP contribution in [0.15, 0.2) is 27.7 Å². The Bertz CT molecular complexity index is 522. The van der Waals surface area contributed by atoms with E-state index in [4.69, 9.17) is 5.26 Å². The summed E-state index contributed by atoms with van der Waals surface area (Å²) in [5.74, 6) is 0. The van der Waals surface area contributed by atoms with Crippen LogP contribution in [0.3, 0.4) is 0 Å². The molecule has 0 radical (unpaired) electrons. The van der Waals surface area contributed by atoms with E-state index >= 15 is 0 Å². The summed E-state index contributed by atoms with van der Waals surface area (Å²) in [4.78, 5) is 6.35. The number of hydrogen-bond acceptors (Lipinski definition) is 3. The highest BCUT2D eigenvalue weighted by atomic mass is 79.9. The maximum Gasteiger partial charge on any atom is 0.179 e. The molecule has 3 nitrogen and oxygen atoms in total. The lowest BCUT2D eigenvalue weighted by Gasteiger charge is -2.35. The Morgan fingerprint density at radius 2 is 2.12 bits per heavy atom. The van der Waals surface area contributed by atoms with Crippen molar-refractivity contribution in [2.75, 3.05) is 13.1 Å². The van der Waals surface area contributed by atoms with Gasteiger partial charge in [-0.05, 0) is 36.6 Å². The highest BCUT2D eigenvalue weighted by Crippen LogP contribution is 2.44. The fourth-order valence-corrected chi connectivity index (χ4v) is 3.05. The van der Waals surface area contributed by atoms with Crippen LogP contribution < -0.4 is 0 Å². The molecule has 1 aromatic carbocycles. The summed E-state index contributed by atoms with van der Waals surface area (Å²) in [5.41, 5.74) is 2.45. The first kappa shape index (κ1) is 10.8. The van der Waals surface area contributed by atoms with E-state index in [0.717, 1.165) is 36.1 Å². The minimum atomic E-state index is 0.0620. The van der Waals surface area contributed by atoms with Gasteiger partial charge in [-0.1, -0.05) is 15.9 Å². The number of likely N-dealkylation sites (tertiary alicyclic amines) is 1. The van der Waals surface area contributed by atoms with Gasteiger partial charge in [0.1, 0.15) is 0 Å². The molecule has 1 spiro atoms. The lowest BCUT2D eigenvalue weighted by atomic mass is 9.75. The number of aliphatic imine (C=N–C) groups is 1. The fraction of sp³-hybridized carbons (Fsp3) is 0.385. The van der Waals surface area contributed by atoms with Crippen LogP contribution in [0.25, 0.3) is 0 Å². The first-order valence-electron chi connectivity index (χ1n) is 5.73. The van der Waals surface area contributed by atoms with Crippen LogP contribution in [0.5, 0.6) is 0 Å². The van der Waals surface area contributed by atoms with Crippen molar-refractivity contribution in [2.24, 2.45) is 4.99 Å². The summed E-state index contributed by atoms with van der Waals surface area (Å²) in [7, 11) is 0. The third-order valence-electron chi connectivity index (χ3n) is 3.74. The second-order valence-electron chi connectivity index (χ2n) is 4.66. The van der Waals surface area contributed by atoms with Crippen LogP contribution in [-0.4, -0.2) is 24.2 Å². The minimum Gasteiger partial charge on any atom is -0.311 e. The summed E-state index contributed by atoms with van der Waals surface area (Å²) < 4.78 is 1.10. The molecule has 1 fully saturated rings. The van der Waals surface area contributed by atoms with Crippen molar-refractivity contribution in [1.82, 2.24) is 4.90 Å². The van der Waals surface area contributed by atoms with Crippen LogP contribution in [0.2, 0.25) is 0 Å². The summed E-state index contributed by atoms with van der Waals surface area (Å²) in [6.07, 6.45) is 6.27. The van der Waals surface area contributed by atoms with Gasteiger partial charge in [-0.3, -0.25) is 4.99 Å². The highest BCUT2D eigenvalue weighted by Gasteiger charge is 2.39. The smallest absolute Gasteiger partial charge is 0.179 e. The highest BCUT2D eigenvalue weighted by molar-refractivity contribution is 9.10. The zero-order chi connectivity index (χ0) is 11.9. The van der Waals surface area contributed by atoms with E-state index in [1.807, 2.05) is 11.0 Å². The molecule has 0 unspecified atom stereocenters. The van der Waals surface area contributed by atoms with E-state index < -0.39 is 0 Å². The average molecular weight is 290 g/mol. The first-order chi connectivity index (χ1) is 8.23. The van der Waals surface area contributed by atoms with Gasteiger partial charge in [-0.2, -0.15) is 5.26 Å². The van der Waals surface area contributed by atoms with Gasteiger partial charge >= 0.3 is 0 Å². The fourth-order valence-electron chi connectivity index (χ4n) is 2.69. The molecule has 2 aliphatic rings. The monoisotopic (exact) mass is 289 g/mol. The quantitative estimate of drug-likeness (QED) is 0.689. The topological polar surface area (TPSA) is 39.4 Å². The van der Waals surface area contributed by atoms with Crippen molar-refractivity contribution in [3.8, 4) is 6.19 Å². The van der Waals surface area contributed by atoms with Crippen LogP contribution in [0, 0.1) is 11.5 Å². The molecule has 1 aromatic rings. The van der Waals surface area contributed by atoms with Gasteiger partial charge in [0.2, 0.25) is 0 Å². The third kappa shape index (κ3) is 1.66. The van der Waals surface area contributed by atoms with E-state index in [-0.39, 0.29) is 5.41 Å². The normalized spacial score (nSPS) is 20.4. The molecular formula is C13H12BrN3. The van der Waals surface area contributed by atoms with Gasteiger partial charge < -0.3 is 4.90 Å². The van der Waals surface area contributed by atoms with E-state index in [2.05, 4.69) is 45.5 Å². The van der Waals surface area contributed by atoms with E-state index in [1.54, 1.807) is 0 Å². The Balaban J connectivity index is 1.96. The summed E-state index contributed by atoms with van der Waals surface area (Å²) in [6.45, 7) is 1.66. The van der Waals surface area contributed by atoms with Gasteiger partial charge in [0.25, 0.3) is 0 Å². The maximum absolute atomic E-state index is 8.90. The average Bonchev–Trinajstić information content (AvgIpc) is 2.70. The van der Waals surface area contributed by atoms with Crippen LogP contribution in [-0.2, 0) is 5.41 Å². The molecule has 3 rings (SSSR count). The molecule has 2 aliphatic heterocycles. The van der Waals surface area contributed by atoms with Gasteiger partial charge in [-0.15, -0.1) is 0 Å². The number of piperidine rings is 1. The maximum atomic E-state index is 8.90. The van der Waals surface area contributed by atoms with Gasteiger partial charge in [0.15, 0.2) is 6.19 Å². The molecule has 0 bridgehead atoms. The summed E-state index contributed by atoms with van der Waals surface area (Å²) in [5, 5.41) is 8.90. The summed E-state index contributed by atoms with van der Waals surface area (Å²) in [6, 6.07) is 6.26. The number of nitriles is 1. The predicted octanol–water partition coefficient (Wildman–Crippen LogP) is 2.98. The third-order valence-corrected chi connectivity index (χ3v) is 4.24. The van der Waals surface area contributed by atoms with Crippen molar-refractivity contribution in [3.63, 3.8) is 0 Å². The number of rotatable bonds is 0. The number of nitrogens with zero attached hydrogens (tertiary/aromatic N) is 3. The van der Waals surface area contributed by atoms with Crippen molar-refractivity contribution >= 4 is 27.8 Å². The molecule has 1 saturated heterocycles. The Morgan fingerprint density at radius 3 is 2.82 bits per heavy atom. The van der Waals surface area contributed by atoms with Crippen LogP contribution in [0.1, 0.15) is 18.4 Å². The van der Waals surface area contributed by atoms with E-state index in [0.29, 0.717) is 0 Å². The second kappa shape index (κ2) is 3.85. The molecule has 0 atom stereocenters. The predicted molar refractivity (Wildman–Crippen MR) is 70.4 cm³/mol. The van der Waals surface area contributed by atoms with Crippen molar-refractivity contribution in [3.05, 3.63) is 28.2 Å². The van der Waals surface area contributed by atoms with Gasteiger partial charge in [0, 0.05) is 29.2 Å². The number of halogens is 1. The molecule has 86 valence electrons. The van der Waals surface area contributed by atoms with Gasteiger partial charge in [-0.25, -0.2) is 0 Å². The number of hydrogen-bond donors (Lipinski definition) is 0. The molecule has 0 amide bonds. The Morgan fingerprint density at radius 1 is 1.35 bits per heavy atom.